The number of carbonyl (C=O) groups is 1. The van der Waals surface area contributed by atoms with Gasteiger partial charge in [-0.05, 0) is 23.6 Å². The van der Waals surface area contributed by atoms with Crippen LogP contribution in [0.2, 0.25) is 5.02 Å². The molecule has 0 aliphatic carbocycles. The first kappa shape index (κ1) is 15.3. The summed E-state index contributed by atoms with van der Waals surface area (Å²) in [6.07, 6.45) is 1.51. The summed E-state index contributed by atoms with van der Waals surface area (Å²) in [6.45, 7) is 4.41. The summed E-state index contributed by atoms with van der Waals surface area (Å²) in [5.74, 6) is 5.70. The van der Waals surface area contributed by atoms with E-state index in [-0.39, 0.29) is 17.4 Å². The molecule has 0 spiro atoms. The third-order valence-corrected chi connectivity index (χ3v) is 3.25. The Morgan fingerprint density at radius 2 is 2.10 bits per heavy atom. The van der Waals surface area contributed by atoms with Gasteiger partial charge in [0, 0.05) is 6.20 Å². The highest BCUT2D eigenvalue weighted by atomic mass is 35.5. The van der Waals surface area contributed by atoms with E-state index in [0.29, 0.717) is 5.92 Å². The lowest BCUT2D eigenvalue weighted by Crippen LogP contribution is -2.30. The number of amides is 1. The van der Waals surface area contributed by atoms with E-state index < -0.39 is 5.91 Å². The summed E-state index contributed by atoms with van der Waals surface area (Å²) in [7, 11) is 0. The molecule has 0 saturated carbocycles. The van der Waals surface area contributed by atoms with Gasteiger partial charge in [-0.3, -0.25) is 10.2 Å². The van der Waals surface area contributed by atoms with E-state index in [4.69, 9.17) is 22.2 Å². The van der Waals surface area contributed by atoms with Crippen LogP contribution >= 0.6 is 11.6 Å². The highest BCUT2D eigenvalue weighted by Crippen LogP contribution is 2.19. The van der Waals surface area contributed by atoms with Crippen molar-refractivity contribution in [1.29, 1.82) is 0 Å². The Morgan fingerprint density at radius 3 is 2.67 bits per heavy atom. The second-order valence-electron chi connectivity index (χ2n) is 4.84. The van der Waals surface area contributed by atoms with Crippen molar-refractivity contribution in [3.63, 3.8) is 0 Å². The maximum absolute atomic E-state index is 11.4. The number of rotatable bonds is 5. The monoisotopic (exact) mass is 308 g/mol. The van der Waals surface area contributed by atoms with Gasteiger partial charge in [0.2, 0.25) is 0 Å². The molecule has 0 aliphatic heterocycles. The maximum Gasteiger partial charge on any atom is 0.287 e. The zero-order chi connectivity index (χ0) is 15.4. The van der Waals surface area contributed by atoms with E-state index in [9.17, 15) is 4.79 Å². The van der Waals surface area contributed by atoms with Crippen LogP contribution in [0.25, 0.3) is 0 Å². The Morgan fingerprint density at radius 1 is 1.43 bits per heavy atom. The summed E-state index contributed by atoms with van der Waals surface area (Å²) in [4.78, 5) is 11.4. The zero-order valence-electron chi connectivity index (χ0n) is 11.8. The lowest BCUT2D eigenvalue weighted by atomic mass is 10.0. The minimum Gasteiger partial charge on any atom is -0.471 e. The molecular weight excluding hydrogens is 292 g/mol. The molecule has 2 rings (SSSR count). The molecule has 7 heteroatoms. The summed E-state index contributed by atoms with van der Waals surface area (Å²) < 4.78 is 7.02. The van der Waals surface area contributed by atoms with Crippen LogP contribution < -0.4 is 16.0 Å². The van der Waals surface area contributed by atoms with E-state index in [0.717, 1.165) is 5.75 Å². The highest BCUT2D eigenvalue weighted by molar-refractivity contribution is 6.33. The fourth-order valence-corrected chi connectivity index (χ4v) is 2.01. The van der Waals surface area contributed by atoms with Crippen LogP contribution in [0.1, 0.15) is 35.8 Å². The van der Waals surface area contributed by atoms with Crippen LogP contribution in [0.5, 0.6) is 5.75 Å². The molecule has 0 radical (unpaired) electrons. The first-order chi connectivity index (χ1) is 10.0. The molecule has 0 unspecified atom stereocenters. The van der Waals surface area contributed by atoms with Crippen LogP contribution in [-0.4, -0.2) is 15.7 Å². The molecule has 1 aromatic carbocycles. The minimum absolute atomic E-state index is 0.0675. The molecule has 21 heavy (non-hydrogen) atoms. The van der Waals surface area contributed by atoms with Gasteiger partial charge < -0.3 is 4.74 Å². The fraction of sp³-hybridized carbons (Fsp3) is 0.286. The topological polar surface area (TPSA) is 82.2 Å². The van der Waals surface area contributed by atoms with Gasteiger partial charge in [0.25, 0.3) is 5.91 Å². The lowest BCUT2D eigenvalue weighted by molar-refractivity contribution is 0.0946. The Balaban J connectivity index is 2.01. The first-order valence-corrected chi connectivity index (χ1v) is 6.85. The fourth-order valence-electron chi connectivity index (χ4n) is 1.78. The maximum atomic E-state index is 11.4. The van der Waals surface area contributed by atoms with Gasteiger partial charge in [0.1, 0.15) is 5.75 Å². The number of hydrazine groups is 1. The molecule has 0 aliphatic rings. The van der Waals surface area contributed by atoms with Crippen molar-refractivity contribution in [3.05, 3.63) is 46.7 Å². The predicted molar refractivity (Wildman–Crippen MR) is 80.0 cm³/mol. The number of halogens is 1. The number of hydrogen-bond acceptors (Lipinski definition) is 4. The SMILES string of the molecule is CC(C)c1ccc(OCn2cc(Cl)c(C(=O)NN)n2)cc1. The number of ether oxygens (including phenoxy) is 1. The van der Waals surface area contributed by atoms with Crippen LogP contribution in [0, 0.1) is 0 Å². The Labute approximate surface area is 127 Å². The van der Waals surface area contributed by atoms with Gasteiger partial charge in [-0.15, -0.1) is 0 Å². The second-order valence-corrected chi connectivity index (χ2v) is 5.24. The van der Waals surface area contributed by atoms with Crippen molar-refractivity contribution < 1.29 is 9.53 Å². The lowest BCUT2D eigenvalue weighted by Gasteiger charge is -2.08. The normalized spacial score (nSPS) is 10.7. The molecule has 3 N–H and O–H groups in total. The number of nitrogens with two attached hydrogens (primary N) is 1. The average Bonchev–Trinajstić information content (AvgIpc) is 2.86. The molecule has 2 aromatic rings. The molecule has 1 amide bonds. The summed E-state index contributed by atoms with van der Waals surface area (Å²) >= 11 is 5.90. The molecule has 0 saturated heterocycles. The molecule has 0 bridgehead atoms. The number of nitrogens with one attached hydrogen (secondary N) is 1. The molecular formula is C14H17ClN4O2. The predicted octanol–water partition coefficient (Wildman–Crippen LogP) is 2.30. The number of hydrogen-bond donors (Lipinski definition) is 2. The van der Waals surface area contributed by atoms with Crippen molar-refractivity contribution >= 4 is 17.5 Å². The van der Waals surface area contributed by atoms with Crippen molar-refractivity contribution in [2.45, 2.75) is 26.5 Å². The van der Waals surface area contributed by atoms with Crippen molar-refractivity contribution in [2.75, 3.05) is 0 Å². The number of benzene rings is 1. The van der Waals surface area contributed by atoms with Crippen molar-refractivity contribution in [3.8, 4) is 5.75 Å². The van der Waals surface area contributed by atoms with E-state index in [1.807, 2.05) is 29.7 Å². The van der Waals surface area contributed by atoms with Crippen LogP contribution in [0.3, 0.4) is 0 Å². The molecule has 0 atom stereocenters. The minimum atomic E-state index is -0.542. The average molecular weight is 309 g/mol. The Kier molecular flexibility index (Phi) is 4.82. The quantitative estimate of drug-likeness (QED) is 0.504. The van der Waals surface area contributed by atoms with Crippen molar-refractivity contribution in [1.82, 2.24) is 15.2 Å². The Bertz CT molecular complexity index is 622. The van der Waals surface area contributed by atoms with Crippen LogP contribution in [-0.2, 0) is 6.73 Å². The van der Waals surface area contributed by atoms with E-state index >= 15 is 0 Å². The van der Waals surface area contributed by atoms with Gasteiger partial charge in [-0.1, -0.05) is 37.6 Å². The molecule has 1 heterocycles. The summed E-state index contributed by atoms with van der Waals surface area (Å²) in [5.41, 5.74) is 3.30. The third kappa shape index (κ3) is 3.74. The summed E-state index contributed by atoms with van der Waals surface area (Å²) in [5, 5.41) is 4.23. The van der Waals surface area contributed by atoms with Crippen LogP contribution in [0.4, 0.5) is 0 Å². The number of nitrogens with zero attached hydrogens (tertiary/aromatic N) is 2. The van der Waals surface area contributed by atoms with E-state index in [2.05, 4.69) is 18.9 Å². The van der Waals surface area contributed by atoms with Gasteiger partial charge in [-0.2, -0.15) is 5.10 Å². The summed E-state index contributed by atoms with van der Waals surface area (Å²) in [6, 6.07) is 7.83. The van der Waals surface area contributed by atoms with Crippen LogP contribution in [0.15, 0.2) is 30.5 Å². The Hall–Kier alpha value is -2.05. The first-order valence-electron chi connectivity index (χ1n) is 6.48. The number of carbonyl (C=O) groups excluding carboxylic acids is 1. The standard InChI is InChI=1S/C14H17ClN4O2/c1-9(2)10-3-5-11(6-4-10)21-8-19-7-12(15)13(18-19)14(20)17-16/h3-7,9H,8,16H2,1-2H3,(H,17,20). The van der Waals surface area contributed by atoms with Gasteiger partial charge in [-0.25, -0.2) is 10.5 Å². The molecule has 1 aromatic heterocycles. The van der Waals surface area contributed by atoms with E-state index in [1.54, 1.807) is 0 Å². The number of aromatic nitrogens is 2. The van der Waals surface area contributed by atoms with Gasteiger partial charge in [0.05, 0.1) is 5.02 Å². The molecule has 112 valence electrons. The van der Waals surface area contributed by atoms with Crippen molar-refractivity contribution in [2.24, 2.45) is 5.84 Å². The number of nitrogen functional groups attached to an aromatic ring is 1. The second kappa shape index (κ2) is 6.60. The largest absolute Gasteiger partial charge is 0.471 e. The highest BCUT2D eigenvalue weighted by Gasteiger charge is 2.14. The smallest absolute Gasteiger partial charge is 0.287 e. The van der Waals surface area contributed by atoms with E-state index in [1.165, 1.54) is 16.4 Å². The zero-order valence-corrected chi connectivity index (χ0v) is 12.6. The molecule has 0 fully saturated rings. The molecule has 6 nitrogen and oxygen atoms in total. The van der Waals surface area contributed by atoms with Gasteiger partial charge in [0.15, 0.2) is 12.4 Å². The van der Waals surface area contributed by atoms with Gasteiger partial charge >= 0.3 is 0 Å². The third-order valence-electron chi connectivity index (χ3n) is 2.97.